The number of rotatable bonds is 5. The molecule has 0 radical (unpaired) electrons. The van der Waals surface area contributed by atoms with Crippen LogP contribution in [-0.2, 0) is 10.5 Å². The molecule has 0 aliphatic rings. The molecule has 0 fully saturated rings. The molecule has 0 aliphatic heterocycles. The van der Waals surface area contributed by atoms with Gasteiger partial charge in [-0.3, -0.25) is 4.79 Å². The Kier molecular flexibility index (Phi) is 7.95. The molecule has 1 aromatic rings. The molecule has 0 spiro atoms. The maximum atomic E-state index is 11.4. The van der Waals surface area contributed by atoms with E-state index in [-0.39, 0.29) is 18.3 Å². The summed E-state index contributed by atoms with van der Waals surface area (Å²) >= 11 is 1.83. The lowest BCUT2D eigenvalue weighted by Gasteiger charge is -2.08. The van der Waals surface area contributed by atoms with Crippen molar-refractivity contribution in [1.82, 2.24) is 4.98 Å². The Bertz CT molecular complexity index is 360. The molecule has 96 valence electrons. The summed E-state index contributed by atoms with van der Waals surface area (Å²) in [6.07, 6.45) is 1.70. The predicted octanol–water partition coefficient (Wildman–Crippen LogP) is 2.04. The summed E-state index contributed by atoms with van der Waals surface area (Å²) < 4.78 is 0. The van der Waals surface area contributed by atoms with E-state index in [4.69, 9.17) is 5.73 Å². The van der Waals surface area contributed by atoms with E-state index in [1.807, 2.05) is 23.9 Å². The van der Waals surface area contributed by atoms with Gasteiger partial charge in [0.25, 0.3) is 0 Å². The van der Waals surface area contributed by atoms with Crippen molar-refractivity contribution in [2.75, 3.05) is 11.1 Å². The second-order valence-corrected chi connectivity index (χ2v) is 4.74. The third-order valence-electron chi connectivity index (χ3n) is 1.96. The van der Waals surface area contributed by atoms with Gasteiger partial charge in [0.15, 0.2) is 0 Å². The second-order valence-electron chi connectivity index (χ2n) is 3.46. The van der Waals surface area contributed by atoms with E-state index in [1.165, 1.54) is 0 Å². The van der Waals surface area contributed by atoms with Crippen molar-refractivity contribution < 1.29 is 4.79 Å². The molecule has 0 bridgehead atoms. The van der Waals surface area contributed by atoms with Gasteiger partial charge in [-0.25, -0.2) is 4.98 Å². The fraction of sp³-hybridized carbons (Fsp3) is 0.455. The molecule has 0 aromatic carbocycles. The molecule has 0 saturated carbocycles. The SMILES string of the molecule is CCSCc1ccnc(NC(=O)C(C)N)c1.Cl. The quantitative estimate of drug-likeness (QED) is 0.863. The summed E-state index contributed by atoms with van der Waals surface area (Å²) in [7, 11) is 0. The Morgan fingerprint density at radius 3 is 2.94 bits per heavy atom. The molecule has 1 heterocycles. The Morgan fingerprint density at radius 1 is 1.65 bits per heavy atom. The number of nitrogens with zero attached hydrogens (tertiary/aromatic N) is 1. The van der Waals surface area contributed by atoms with Gasteiger partial charge in [0.05, 0.1) is 6.04 Å². The average molecular weight is 276 g/mol. The highest BCUT2D eigenvalue weighted by molar-refractivity contribution is 7.98. The molecule has 6 heteroatoms. The highest BCUT2D eigenvalue weighted by Crippen LogP contribution is 2.14. The van der Waals surface area contributed by atoms with E-state index in [1.54, 1.807) is 13.1 Å². The molecule has 3 N–H and O–H groups in total. The molecule has 1 unspecified atom stereocenters. The third kappa shape index (κ3) is 5.91. The first-order valence-electron chi connectivity index (χ1n) is 5.22. The van der Waals surface area contributed by atoms with Gasteiger partial charge in [-0.2, -0.15) is 11.8 Å². The van der Waals surface area contributed by atoms with Gasteiger partial charge in [-0.1, -0.05) is 6.92 Å². The van der Waals surface area contributed by atoms with E-state index in [0.29, 0.717) is 5.82 Å². The van der Waals surface area contributed by atoms with Crippen molar-refractivity contribution in [3.8, 4) is 0 Å². The molecule has 1 rings (SSSR count). The van der Waals surface area contributed by atoms with Crippen LogP contribution in [0.3, 0.4) is 0 Å². The zero-order valence-corrected chi connectivity index (χ0v) is 11.6. The molecular weight excluding hydrogens is 258 g/mol. The van der Waals surface area contributed by atoms with Gasteiger partial charge in [0.2, 0.25) is 5.91 Å². The number of pyridine rings is 1. The van der Waals surface area contributed by atoms with Crippen LogP contribution in [0, 0.1) is 0 Å². The van der Waals surface area contributed by atoms with Crippen LogP contribution in [-0.4, -0.2) is 22.7 Å². The molecule has 0 aliphatic carbocycles. The zero-order chi connectivity index (χ0) is 12.0. The Hall–Kier alpha value is -0.780. The number of anilines is 1. The Labute approximate surface area is 112 Å². The summed E-state index contributed by atoms with van der Waals surface area (Å²) in [6, 6.07) is 3.31. The predicted molar refractivity (Wildman–Crippen MR) is 75.6 cm³/mol. The fourth-order valence-electron chi connectivity index (χ4n) is 1.09. The first kappa shape index (κ1) is 16.2. The second kappa shape index (κ2) is 8.33. The largest absolute Gasteiger partial charge is 0.320 e. The normalized spacial score (nSPS) is 11.5. The first-order chi connectivity index (χ1) is 7.63. The van der Waals surface area contributed by atoms with E-state index in [9.17, 15) is 4.79 Å². The number of aromatic nitrogens is 1. The highest BCUT2D eigenvalue weighted by atomic mass is 35.5. The smallest absolute Gasteiger partial charge is 0.242 e. The van der Waals surface area contributed by atoms with Crippen molar-refractivity contribution >= 4 is 35.9 Å². The van der Waals surface area contributed by atoms with Gasteiger partial charge in [-0.15, -0.1) is 12.4 Å². The highest BCUT2D eigenvalue weighted by Gasteiger charge is 2.08. The van der Waals surface area contributed by atoms with E-state index >= 15 is 0 Å². The van der Waals surface area contributed by atoms with Gasteiger partial charge in [0.1, 0.15) is 5.82 Å². The van der Waals surface area contributed by atoms with Crippen molar-refractivity contribution in [3.63, 3.8) is 0 Å². The minimum atomic E-state index is -0.518. The van der Waals surface area contributed by atoms with Crippen molar-refractivity contribution in [2.45, 2.75) is 25.6 Å². The summed E-state index contributed by atoms with van der Waals surface area (Å²) in [5.74, 6) is 2.36. The van der Waals surface area contributed by atoms with Gasteiger partial charge < -0.3 is 11.1 Å². The molecular formula is C11H18ClN3OS. The number of hydrogen-bond acceptors (Lipinski definition) is 4. The molecule has 4 nitrogen and oxygen atoms in total. The van der Waals surface area contributed by atoms with Gasteiger partial charge in [0, 0.05) is 11.9 Å². The number of nitrogens with two attached hydrogens (primary N) is 1. The Balaban J connectivity index is 0.00000256. The van der Waals surface area contributed by atoms with Gasteiger partial charge in [-0.05, 0) is 30.4 Å². The van der Waals surface area contributed by atoms with Crippen molar-refractivity contribution in [1.29, 1.82) is 0 Å². The number of nitrogens with one attached hydrogen (secondary N) is 1. The van der Waals surface area contributed by atoms with Crippen LogP contribution >= 0.6 is 24.2 Å². The first-order valence-corrected chi connectivity index (χ1v) is 6.38. The molecule has 1 aromatic heterocycles. The number of carbonyl (C=O) groups is 1. The van der Waals surface area contributed by atoms with Crippen LogP contribution < -0.4 is 11.1 Å². The van der Waals surface area contributed by atoms with E-state index < -0.39 is 6.04 Å². The standard InChI is InChI=1S/C11H17N3OS.ClH/c1-3-16-7-9-4-5-13-10(6-9)14-11(15)8(2)12;/h4-6,8H,3,7,12H2,1-2H3,(H,13,14,15);1H. The van der Waals surface area contributed by atoms with E-state index in [2.05, 4.69) is 17.2 Å². The minimum absolute atomic E-state index is 0. The third-order valence-corrected chi connectivity index (χ3v) is 2.91. The number of halogens is 1. The summed E-state index contributed by atoms with van der Waals surface area (Å²) in [6.45, 7) is 3.76. The van der Waals surface area contributed by atoms with Crippen LogP contribution in [0.4, 0.5) is 5.82 Å². The summed E-state index contributed by atoms with van der Waals surface area (Å²) in [4.78, 5) is 15.4. The van der Waals surface area contributed by atoms with Crippen LogP contribution in [0.5, 0.6) is 0 Å². The van der Waals surface area contributed by atoms with Crippen LogP contribution in [0.1, 0.15) is 19.4 Å². The lowest BCUT2D eigenvalue weighted by Crippen LogP contribution is -2.32. The fourth-order valence-corrected chi connectivity index (χ4v) is 1.71. The maximum Gasteiger partial charge on any atom is 0.242 e. The number of amides is 1. The van der Waals surface area contributed by atoms with Crippen molar-refractivity contribution in [3.05, 3.63) is 23.9 Å². The van der Waals surface area contributed by atoms with Crippen LogP contribution in [0.15, 0.2) is 18.3 Å². The topological polar surface area (TPSA) is 68.0 Å². The average Bonchev–Trinajstić information content (AvgIpc) is 2.26. The summed E-state index contributed by atoms with van der Waals surface area (Å²) in [5.41, 5.74) is 6.61. The number of thioether (sulfide) groups is 1. The Morgan fingerprint density at radius 2 is 2.35 bits per heavy atom. The summed E-state index contributed by atoms with van der Waals surface area (Å²) in [5, 5.41) is 2.67. The molecule has 17 heavy (non-hydrogen) atoms. The number of hydrogen-bond donors (Lipinski definition) is 2. The number of carbonyl (C=O) groups excluding carboxylic acids is 1. The van der Waals surface area contributed by atoms with Crippen LogP contribution in [0.25, 0.3) is 0 Å². The molecule has 0 saturated heterocycles. The van der Waals surface area contributed by atoms with Crippen molar-refractivity contribution in [2.24, 2.45) is 5.73 Å². The zero-order valence-electron chi connectivity index (χ0n) is 9.97. The molecule has 1 amide bonds. The lowest BCUT2D eigenvalue weighted by molar-refractivity contribution is -0.117. The van der Waals surface area contributed by atoms with Crippen LogP contribution in [0.2, 0.25) is 0 Å². The molecule has 1 atom stereocenters. The lowest BCUT2D eigenvalue weighted by atomic mass is 10.3. The monoisotopic (exact) mass is 275 g/mol. The van der Waals surface area contributed by atoms with E-state index in [0.717, 1.165) is 17.1 Å². The minimum Gasteiger partial charge on any atom is -0.320 e. The van der Waals surface area contributed by atoms with Gasteiger partial charge >= 0.3 is 0 Å². The maximum absolute atomic E-state index is 11.4.